The first-order valence-electron chi connectivity index (χ1n) is 8.00. The molecule has 2 aliphatic carbocycles. The van der Waals surface area contributed by atoms with Crippen LogP contribution in [-0.2, 0) is 6.54 Å². The van der Waals surface area contributed by atoms with Crippen LogP contribution in [0.25, 0.3) is 0 Å². The van der Waals surface area contributed by atoms with E-state index in [4.69, 9.17) is 0 Å². The molecule has 22 heavy (non-hydrogen) atoms. The summed E-state index contributed by atoms with van der Waals surface area (Å²) in [5, 5.41) is 6.85. The van der Waals surface area contributed by atoms with Crippen LogP contribution in [-0.4, -0.2) is 36.5 Å². The third kappa shape index (κ3) is 4.81. The number of aromatic nitrogens is 1. The van der Waals surface area contributed by atoms with E-state index in [1.165, 1.54) is 25.7 Å². The third-order valence-electron chi connectivity index (χ3n) is 4.59. The summed E-state index contributed by atoms with van der Waals surface area (Å²) in [6, 6.07) is 0. The van der Waals surface area contributed by atoms with Gasteiger partial charge in [0.1, 0.15) is 0 Å². The summed E-state index contributed by atoms with van der Waals surface area (Å²) in [5.74, 6) is 3.83. The molecule has 1 N–H and O–H groups in total. The lowest BCUT2D eigenvalue weighted by molar-refractivity contribution is 0.386. The number of hydrogen-bond acceptors (Lipinski definition) is 3. The van der Waals surface area contributed by atoms with E-state index in [-0.39, 0.29) is 24.0 Å². The Hall–Kier alpha value is -0.370. The fraction of sp³-hybridized carbons (Fsp3) is 0.750. The standard InChI is InChI=1S/C16H26N4S.HI/c1-11-19-14(10-21-11)9-20(3)16(17-2)18-8-15(12-4-5-12)13-6-7-13;/h10,12-13,15H,4-9H2,1-3H3,(H,17,18);1H. The Balaban J connectivity index is 0.00000176. The topological polar surface area (TPSA) is 40.5 Å². The van der Waals surface area contributed by atoms with Gasteiger partial charge in [0.05, 0.1) is 17.2 Å². The van der Waals surface area contributed by atoms with Crippen molar-refractivity contribution in [2.24, 2.45) is 22.7 Å². The molecule has 6 heteroatoms. The Kier molecular flexibility index (Phi) is 6.49. The number of guanidine groups is 1. The zero-order valence-corrected chi connectivity index (χ0v) is 16.9. The second-order valence-corrected chi connectivity index (χ2v) is 7.54. The van der Waals surface area contributed by atoms with Crippen molar-refractivity contribution >= 4 is 41.3 Å². The molecule has 0 radical (unpaired) electrons. The normalized spacial score (nSPS) is 18.3. The van der Waals surface area contributed by atoms with Gasteiger partial charge in [0.15, 0.2) is 5.96 Å². The summed E-state index contributed by atoms with van der Waals surface area (Å²) in [7, 11) is 3.96. The van der Waals surface area contributed by atoms with Crippen LogP contribution in [0.1, 0.15) is 36.4 Å². The van der Waals surface area contributed by atoms with Gasteiger partial charge in [-0.3, -0.25) is 4.99 Å². The minimum atomic E-state index is 0. The van der Waals surface area contributed by atoms with Crippen LogP contribution in [0, 0.1) is 24.7 Å². The third-order valence-corrected chi connectivity index (χ3v) is 5.41. The summed E-state index contributed by atoms with van der Waals surface area (Å²) < 4.78 is 0. The zero-order valence-electron chi connectivity index (χ0n) is 13.7. The molecule has 0 spiro atoms. The second kappa shape index (κ2) is 7.95. The summed E-state index contributed by atoms with van der Waals surface area (Å²) in [5.41, 5.74) is 1.13. The molecule has 0 saturated heterocycles. The zero-order chi connectivity index (χ0) is 14.8. The first-order chi connectivity index (χ1) is 10.2. The van der Waals surface area contributed by atoms with Crippen molar-refractivity contribution in [3.05, 3.63) is 16.1 Å². The molecule has 1 aromatic heterocycles. The fourth-order valence-electron chi connectivity index (χ4n) is 3.16. The highest BCUT2D eigenvalue weighted by Gasteiger charge is 2.41. The lowest BCUT2D eigenvalue weighted by atomic mass is 9.98. The minimum Gasteiger partial charge on any atom is -0.356 e. The molecule has 2 saturated carbocycles. The van der Waals surface area contributed by atoms with Gasteiger partial charge >= 0.3 is 0 Å². The number of aryl methyl sites for hydroxylation is 1. The van der Waals surface area contributed by atoms with Crippen LogP contribution in [0.5, 0.6) is 0 Å². The smallest absolute Gasteiger partial charge is 0.193 e. The number of hydrogen-bond donors (Lipinski definition) is 1. The molecule has 3 rings (SSSR count). The molecule has 0 amide bonds. The Morgan fingerprint density at radius 3 is 2.50 bits per heavy atom. The van der Waals surface area contributed by atoms with Gasteiger partial charge in [-0.05, 0) is 50.4 Å². The molecule has 0 bridgehead atoms. The summed E-state index contributed by atoms with van der Waals surface area (Å²) in [6.07, 6.45) is 5.76. The average Bonchev–Trinajstić information content (AvgIpc) is 3.36. The Morgan fingerprint density at radius 2 is 2.05 bits per heavy atom. The van der Waals surface area contributed by atoms with Gasteiger partial charge in [0.25, 0.3) is 0 Å². The summed E-state index contributed by atoms with van der Waals surface area (Å²) in [4.78, 5) is 11.1. The van der Waals surface area contributed by atoms with Crippen LogP contribution in [0.4, 0.5) is 0 Å². The molecule has 2 fully saturated rings. The van der Waals surface area contributed by atoms with Gasteiger partial charge in [-0.1, -0.05) is 0 Å². The molecular formula is C16H27IN4S. The van der Waals surface area contributed by atoms with Crippen molar-refractivity contribution in [3.63, 3.8) is 0 Å². The minimum absolute atomic E-state index is 0. The molecule has 4 nitrogen and oxygen atoms in total. The molecule has 0 aliphatic heterocycles. The highest BCUT2D eigenvalue weighted by atomic mass is 127. The van der Waals surface area contributed by atoms with E-state index in [2.05, 4.69) is 39.5 Å². The van der Waals surface area contributed by atoms with Gasteiger partial charge in [-0.25, -0.2) is 4.98 Å². The fourth-order valence-corrected chi connectivity index (χ4v) is 3.76. The van der Waals surface area contributed by atoms with E-state index in [9.17, 15) is 0 Å². The number of halogens is 1. The van der Waals surface area contributed by atoms with Gasteiger partial charge in [-0.15, -0.1) is 35.3 Å². The molecule has 0 atom stereocenters. The van der Waals surface area contributed by atoms with Gasteiger partial charge < -0.3 is 10.2 Å². The summed E-state index contributed by atoms with van der Waals surface area (Å²) >= 11 is 1.71. The number of nitrogens with one attached hydrogen (secondary N) is 1. The Labute approximate surface area is 154 Å². The number of rotatable bonds is 6. The monoisotopic (exact) mass is 434 g/mol. The van der Waals surface area contributed by atoms with E-state index < -0.39 is 0 Å². The molecule has 1 aromatic rings. The summed E-state index contributed by atoms with van der Waals surface area (Å²) in [6.45, 7) is 3.96. The van der Waals surface area contributed by atoms with Crippen molar-refractivity contribution in [2.75, 3.05) is 20.6 Å². The highest BCUT2D eigenvalue weighted by Crippen LogP contribution is 2.48. The van der Waals surface area contributed by atoms with Crippen molar-refractivity contribution in [1.29, 1.82) is 0 Å². The van der Waals surface area contributed by atoms with E-state index in [0.29, 0.717) is 0 Å². The predicted octanol–water partition coefficient (Wildman–Crippen LogP) is 3.51. The first-order valence-corrected chi connectivity index (χ1v) is 8.88. The molecule has 124 valence electrons. The lowest BCUT2D eigenvalue weighted by Gasteiger charge is -2.24. The largest absolute Gasteiger partial charge is 0.356 e. The number of thiazole rings is 1. The van der Waals surface area contributed by atoms with Crippen molar-refractivity contribution in [1.82, 2.24) is 15.2 Å². The molecule has 1 heterocycles. The maximum atomic E-state index is 4.53. The number of nitrogens with zero attached hydrogens (tertiary/aromatic N) is 3. The molecular weight excluding hydrogens is 407 g/mol. The molecule has 2 aliphatic rings. The molecule has 0 aromatic carbocycles. The predicted molar refractivity (Wildman–Crippen MR) is 104 cm³/mol. The SMILES string of the molecule is CN=C(NCC(C1CC1)C1CC1)N(C)Cc1csc(C)n1.I. The van der Waals surface area contributed by atoms with Gasteiger partial charge in [-0.2, -0.15) is 0 Å². The second-order valence-electron chi connectivity index (χ2n) is 6.48. The number of aliphatic imine (C=N–C) groups is 1. The van der Waals surface area contributed by atoms with E-state index >= 15 is 0 Å². The van der Waals surface area contributed by atoms with Crippen LogP contribution in [0.15, 0.2) is 10.4 Å². The van der Waals surface area contributed by atoms with Crippen molar-refractivity contribution in [3.8, 4) is 0 Å². The van der Waals surface area contributed by atoms with E-state index in [1.807, 2.05) is 7.05 Å². The Bertz CT molecular complexity index is 496. The quantitative estimate of drug-likeness (QED) is 0.423. The molecule has 0 unspecified atom stereocenters. The maximum absolute atomic E-state index is 4.53. The first kappa shape index (κ1) is 18.0. The van der Waals surface area contributed by atoms with Crippen LogP contribution in [0.3, 0.4) is 0 Å². The van der Waals surface area contributed by atoms with Crippen molar-refractivity contribution in [2.45, 2.75) is 39.2 Å². The Morgan fingerprint density at radius 1 is 1.41 bits per heavy atom. The van der Waals surface area contributed by atoms with Crippen molar-refractivity contribution < 1.29 is 0 Å². The maximum Gasteiger partial charge on any atom is 0.193 e. The van der Waals surface area contributed by atoms with E-state index in [1.54, 1.807) is 11.3 Å². The van der Waals surface area contributed by atoms with Crippen LogP contribution < -0.4 is 5.32 Å². The lowest BCUT2D eigenvalue weighted by Crippen LogP contribution is -2.41. The van der Waals surface area contributed by atoms with Crippen LogP contribution in [0.2, 0.25) is 0 Å². The highest BCUT2D eigenvalue weighted by molar-refractivity contribution is 14.0. The van der Waals surface area contributed by atoms with E-state index in [0.717, 1.165) is 47.5 Å². The van der Waals surface area contributed by atoms with Gasteiger partial charge in [0.2, 0.25) is 0 Å². The van der Waals surface area contributed by atoms with Gasteiger partial charge in [0, 0.05) is 26.0 Å². The average molecular weight is 434 g/mol. The van der Waals surface area contributed by atoms with Crippen LogP contribution >= 0.6 is 35.3 Å².